The fraction of sp³-hybridized carbons (Fsp3) is 0.818. The number of rotatable bonds is 5. The van der Waals surface area contributed by atoms with Crippen LogP contribution in [0.3, 0.4) is 0 Å². The standard InChI is InChI=1S/C11H20N2O3/c1-3-13(4-2)10(16)12-8-11(9(14)15)6-5-7-11/h3-8H2,1-2H3,(H,12,16)(H,14,15). The van der Waals surface area contributed by atoms with E-state index in [2.05, 4.69) is 5.32 Å². The van der Waals surface area contributed by atoms with Crippen LogP contribution in [0.15, 0.2) is 0 Å². The summed E-state index contributed by atoms with van der Waals surface area (Å²) < 4.78 is 0. The van der Waals surface area contributed by atoms with Gasteiger partial charge in [-0.2, -0.15) is 0 Å². The van der Waals surface area contributed by atoms with Gasteiger partial charge < -0.3 is 15.3 Å². The topological polar surface area (TPSA) is 69.6 Å². The number of carboxylic acids is 1. The van der Waals surface area contributed by atoms with E-state index < -0.39 is 11.4 Å². The maximum absolute atomic E-state index is 11.6. The van der Waals surface area contributed by atoms with Crippen LogP contribution in [0.25, 0.3) is 0 Å². The lowest BCUT2D eigenvalue weighted by Gasteiger charge is -2.38. The summed E-state index contributed by atoms with van der Waals surface area (Å²) >= 11 is 0. The highest BCUT2D eigenvalue weighted by Crippen LogP contribution is 2.40. The largest absolute Gasteiger partial charge is 0.481 e. The van der Waals surface area contributed by atoms with Gasteiger partial charge in [0.1, 0.15) is 0 Å². The number of nitrogens with one attached hydrogen (secondary N) is 1. The van der Waals surface area contributed by atoms with Crippen molar-refractivity contribution in [1.29, 1.82) is 0 Å². The Morgan fingerprint density at radius 2 is 1.88 bits per heavy atom. The van der Waals surface area contributed by atoms with Crippen LogP contribution in [0.4, 0.5) is 4.79 Å². The number of amides is 2. The second-order valence-electron chi connectivity index (χ2n) is 4.27. The van der Waals surface area contributed by atoms with Gasteiger partial charge in [-0.25, -0.2) is 4.79 Å². The molecule has 0 aliphatic heterocycles. The molecule has 92 valence electrons. The van der Waals surface area contributed by atoms with Gasteiger partial charge in [0.25, 0.3) is 0 Å². The van der Waals surface area contributed by atoms with Crippen molar-refractivity contribution in [2.45, 2.75) is 33.1 Å². The molecule has 0 atom stereocenters. The van der Waals surface area contributed by atoms with E-state index in [0.29, 0.717) is 25.9 Å². The molecule has 1 saturated carbocycles. The monoisotopic (exact) mass is 228 g/mol. The van der Waals surface area contributed by atoms with Crippen LogP contribution in [-0.2, 0) is 4.79 Å². The van der Waals surface area contributed by atoms with E-state index in [1.807, 2.05) is 13.8 Å². The third-order valence-corrected chi connectivity index (χ3v) is 3.39. The lowest BCUT2D eigenvalue weighted by atomic mass is 9.69. The summed E-state index contributed by atoms with van der Waals surface area (Å²) in [6, 6.07) is -0.169. The molecule has 0 spiro atoms. The number of carbonyl (C=O) groups excluding carboxylic acids is 1. The summed E-state index contributed by atoms with van der Waals surface area (Å²) in [6.45, 7) is 5.33. The molecule has 1 aliphatic carbocycles. The van der Waals surface area contributed by atoms with Crippen LogP contribution < -0.4 is 5.32 Å². The molecule has 0 bridgehead atoms. The van der Waals surface area contributed by atoms with Gasteiger partial charge in [0.2, 0.25) is 0 Å². The molecule has 1 fully saturated rings. The normalized spacial score (nSPS) is 17.4. The SMILES string of the molecule is CCN(CC)C(=O)NCC1(C(=O)O)CCC1. The Morgan fingerprint density at radius 3 is 2.19 bits per heavy atom. The molecule has 1 aliphatic rings. The van der Waals surface area contributed by atoms with E-state index in [1.54, 1.807) is 4.90 Å². The summed E-state index contributed by atoms with van der Waals surface area (Å²) in [7, 11) is 0. The predicted molar refractivity (Wildman–Crippen MR) is 60.2 cm³/mol. The van der Waals surface area contributed by atoms with Crippen molar-refractivity contribution >= 4 is 12.0 Å². The Labute approximate surface area is 95.8 Å². The highest BCUT2D eigenvalue weighted by Gasteiger charge is 2.44. The molecule has 0 aromatic rings. The molecule has 2 N–H and O–H groups in total. The van der Waals surface area contributed by atoms with Crippen molar-refractivity contribution in [2.24, 2.45) is 5.41 Å². The summed E-state index contributed by atoms with van der Waals surface area (Å²) in [4.78, 5) is 24.3. The lowest BCUT2D eigenvalue weighted by Crippen LogP contribution is -2.50. The van der Waals surface area contributed by atoms with Gasteiger partial charge in [-0.1, -0.05) is 6.42 Å². The number of aliphatic carboxylic acids is 1. The third-order valence-electron chi connectivity index (χ3n) is 3.39. The Kier molecular flexibility index (Phi) is 4.15. The Bertz CT molecular complexity index is 270. The number of urea groups is 1. The Balaban J connectivity index is 2.44. The maximum atomic E-state index is 11.6. The summed E-state index contributed by atoms with van der Waals surface area (Å²) in [5, 5.41) is 11.8. The zero-order chi connectivity index (χ0) is 12.2. The highest BCUT2D eigenvalue weighted by atomic mass is 16.4. The fourth-order valence-corrected chi connectivity index (χ4v) is 1.94. The number of hydrogen-bond donors (Lipinski definition) is 2. The van der Waals surface area contributed by atoms with E-state index in [-0.39, 0.29) is 12.6 Å². The molecule has 1 rings (SSSR count). The van der Waals surface area contributed by atoms with Crippen molar-refractivity contribution in [3.8, 4) is 0 Å². The smallest absolute Gasteiger partial charge is 0.317 e. The molecule has 0 heterocycles. The Morgan fingerprint density at radius 1 is 1.31 bits per heavy atom. The molecule has 0 aromatic heterocycles. The molecule has 5 heteroatoms. The number of hydrogen-bond acceptors (Lipinski definition) is 2. The zero-order valence-corrected chi connectivity index (χ0v) is 9.95. The molecular formula is C11H20N2O3. The van der Waals surface area contributed by atoms with Crippen LogP contribution in [0.5, 0.6) is 0 Å². The van der Waals surface area contributed by atoms with Crippen LogP contribution >= 0.6 is 0 Å². The first-order chi connectivity index (χ1) is 7.55. The maximum Gasteiger partial charge on any atom is 0.317 e. The highest BCUT2D eigenvalue weighted by molar-refractivity contribution is 5.78. The van der Waals surface area contributed by atoms with Crippen LogP contribution in [0.2, 0.25) is 0 Å². The second-order valence-corrected chi connectivity index (χ2v) is 4.27. The predicted octanol–water partition coefficient (Wildman–Crippen LogP) is 1.29. The van der Waals surface area contributed by atoms with Crippen molar-refractivity contribution in [2.75, 3.05) is 19.6 Å². The summed E-state index contributed by atoms with van der Waals surface area (Å²) in [5.41, 5.74) is -0.706. The first-order valence-corrected chi connectivity index (χ1v) is 5.82. The third kappa shape index (κ3) is 2.46. The minimum atomic E-state index is -0.793. The average Bonchev–Trinajstić information content (AvgIpc) is 2.17. The van der Waals surface area contributed by atoms with E-state index >= 15 is 0 Å². The quantitative estimate of drug-likeness (QED) is 0.745. The fourth-order valence-electron chi connectivity index (χ4n) is 1.94. The first-order valence-electron chi connectivity index (χ1n) is 5.82. The van der Waals surface area contributed by atoms with Gasteiger partial charge in [0.15, 0.2) is 0 Å². The molecule has 0 radical (unpaired) electrons. The molecule has 0 aromatic carbocycles. The molecule has 16 heavy (non-hydrogen) atoms. The van der Waals surface area contributed by atoms with Crippen molar-refractivity contribution in [1.82, 2.24) is 10.2 Å². The van der Waals surface area contributed by atoms with Gasteiger partial charge in [0.05, 0.1) is 5.41 Å². The summed E-state index contributed by atoms with van der Waals surface area (Å²) in [6.07, 6.45) is 2.27. The summed E-state index contributed by atoms with van der Waals surface area (Å²) in [5.74, 6) is -0.793. The average molecular weight is 228 g/mol. The van der Waals surface area contributed by atoms with Crippen molar-refractivity contribution in [3.63, 3.8) is 0 Å². The van der Waals surface area contributed by atoms with Crippen LogP contribution in [0, 0.1) is 5.41 Å². The molecule has 5 nitrogen and oxygen atoms in total. The molecule has 0 unspecified atom stereocenters. The van der Waals surface area contributed by atoms with Crippen molar-refractivity contribution in [3.05, 3.63) is 0 Å². The van der Waals surface area contributed by atoms with Crippen LogP contribution in [0.1, 0.15) is 33.1 Å². The van der Waals surface area contributed by atoms with E-state index in [0.717, 1.165) is 6.42 Å². The Hall–Kier alpha value is -1.26. The van der Waals surface area contributed by atoms with Gasteiger partial charge in [-0.15, -0.1) is 0 Å². The molecule has 0 saturated heterocycles. The van der Waals surface area contributed by atoms with E-state index in [4.69, 9.17) is 5.11 Å². The van der Waals surface area contributed by atoms with E-state index in [1.165, 1.54) is 0 Å². The number of carbonyl (C=O) groups is 2. The molecular weight excluding hydrogens is 208 g/mol. The van der Waals surface area contributed by atoms with Gasteiger partial charge in [-0.3, -0.25) is 4.79 Å². The number of nitrogens with zero attached hydrogens (tertiary/aromatic N) is 1. The lowest BCUT2D eigenvalue weighted by molar-refractivity contribution is -0.153. The minimum absolute atomic E-state index is 0.169. The first kappa shape index (κ1) is 12.8. The zero-order valence-electron chi connectivity index (χ0n) is 9.95. The number of carboxylic acid groups (broad SMARTS) is 1. The van der Waals surface area contributed by atoms with E-state index in [9.17, 15) is 9.59 Å². The second kappa shape index (κ2) is 5.18. The van der Waals surface area contributed by atoms with Gasteiger partial charge in [0, 0.05) is 19.6 Å². The van der Waals surface area contributed by atoms with Gasteiger partial charge >= 0.3 is 12.0 Å². The van der Waals surface area contributed by atoms with Gasteiger partial charge in [-0.05, 0) is 26.7 Å². The van der Waals surface area contributed by atoms with Crippen LogP contribution in [-0.4, -0.2) is 41.6 Å². The molecule has 2 amide bonds. The van der Waals surface area contributed by atoms with Crippen molar-refractivity contribution < 1.29 is 14.7 Å². The minimum Gasteiger partial charge on any atom is -0.481 e.